The van der Waals surface area contributed by atoms with Crippen LogP contribution in [0.3, 0.4) is 0 Å². The lowest BCUT2D eigenvalue weighted by molar-refractivity contribution is -0.148. The molecule has 10 heteroatoms. The molecule has 2 aromatic rings. The molecule has 0 aliphatic carbocycles. The number of nitrogens with zero attached hydrogens (tertiary/aromatic N) is 1. The van der Waals surface area contributed by atoms with Gasteiger partial charge in [0.15, 0.2) is 6.61 Å². The van der Waals surface area contributed by atoms with Crippen molar-refractivity contribution >= 4 is 17.7 Å². The zero-order valence-corrected chi connectivity index (χ0v) is 15.5. The summed E-state index contributed by atoms with van der Waals surface area (Å²) < 4.78 is 64.7. The van der Waals surface area contributed by atoms with Crippen molar-refractivity contribution in [2.45, 2.75) is 12.3 Å². The SMILES string of the molecule is COc1ccc(/C=C/C(=O)Nc2ccc(OCC(F)(F)C(F)F)nc2)c(OC)c1. The monoisotopic (exact) mass is 414 g/mol. The van der Waals surface area contributed by atoms with Crippen molar-refractivity contribution in [2.75, 3.05) is 26.1 Å². The second-order valence-corrected chi connectivity index (χ2v) is 5.67. The zero-order chi connectivity index (χ0) is 21.4. The third-order valence-corrected chi connectivity index (χ3v) is 3.59. The van der Waals surface area contributed by atoms with Crippen LogP contribution in [0.5, 0.6) is 17.4 Å². The highest BCUT2D eigenvalue weighted by atomic mass is 19.3. The standard InChI is InChI=1S/C19H18F4N2O4/c1-27-14-6-3-12(15(9-14)28-2)4-7-16(26)25-13-5-8-17(24-10-13)29-11-19(22,23)18(20)21/h3-10,18H,11H2,1-2H3,(H,25,26)/b7-4+. The molecule has 1 heterocycles. The van der Waals surface area contributed by atoms with Crippen molar-refractivity contribution in [1.82, 2.24) is 4.98 Å². The van der Waals surface area contributed by atoms with Crippen LogP contribution in [-0.2, 0) is 4.79 Å². The van der Waals surface area contributed by atoms with E-state index in [1.807, 2.05) is 0 Å². The Kier molecular flexibility index (Phi) is 7.40. The first-order chi connectivity index (χ1) is 13.7. The molecule has 1 N–H and O–H groups in total. The summed E-state index contributed by atoms with van der Waals surface area (Å²) in [7, 11) is 3.01. The van der Waals surface area contributed by atoms with Gasteiger partial charge in [0, 0.05) is 23.8 Å². The molecule has 0 bridgehead atoms. The Morgan fingerprint density at radius 3 is 2.55 bits per heavy atom. The number of anilines is 1. The van der Waals surface area contributed by atoms with Crippen molar-refractivity contribution in [3.05, 3.63) is 48.2 Å². The molecule has 2 rings (SSSR count). The first-order valence-electron chi connectivity index (χ1n) is 8.21. The maximum Gasteiger partial charge on any atom is 0.340 e. The molecule has 0 radical (unpaired) electrons. The molecular weight excluding hydrogens is 396 g/mol. The molecule has 1 amide bonds. The molecule has 156 valence electrons. The highest BCUT2D eigenvalue weighted by Crippen LogP contribution is 2.26. The summed E-state index contributed by atoms with van der Waals surface area (Å²) in [5, 5.41) is 2.51. The fraction of sp³-hybridized carbons (Fsp3) is 0.263. The van der Waals surface area contributed by atoms with Gasteiger partial charge >= 0.3 is 12.3 Å². The van der Waals surface area contributed by atoms with E-state index < -0.39 is 24.9 Å². The Hall–Kier alpha value is -3.30. The van der Waals surface area contributed by atoms with Crippen LogP contribution in [0.4, 0.5) is 23.2 Å². The number of alkyl halides is 4. The van der Waals surface area contributed by atoms with Gasteiger partial charge in [-0.05, 0) is 24.3 Å². The lowest BCUT2D eigenvalue weighted by Crippen LogP contribution is -2.33. The first kappa shape index (κ1) is 22.0. The summed E-state index contributed by atoms with van der Waals surface area (Å²) >= 11 is 0. The number of rotatable bonds is 9. The van der Waals surface area contributed by atoms with Crippen LogP contribution < -0.4 is 19.5 Å². The molecule has 0 aliphatic rings. The molecule has 0 aliphatic heterocycles. The van der Waals surface area contributed by atoms with Crippen molar-refractivity contribution in [1.29, 1.82) is 0 Å². The van der Waals surface area contributed by atoms with E-state index in [0.717, 1.165) is 6.20 Å². The molecule has 0 atom stereocenters. The van der Waals surface area contributed by atoms with Crippen LogP contribution >= 0.6 is 0 Å². The van der Waals surface area contributed by atoms with E-state index in [0.29, 0.717) is 17.1 Å². The molecular formula is C19H18F4N2O4. The van der Waals surface area contributed by atoms with E-state index in [1.165, 1.54) is 38.5 Å². The van der Waals surface area contributed by atoms with Gasteiger partial charge in [-0.2, -0.15) is 8.78 Å². The fourth-order valence-electron chi connectivity index (χ4n) is 2.08. The molecule has 0 saturated heterocycles. The molecule has 0 unspecified atom stereocenters. The predicted octanol–water partition coefficient (Wildman–Crippen LogP) is 4.03. The quantitative estimate of drug-likeness (QED) is 0.496. The number of pyridine rings is 1. The normalized spacial score (nSPS) is 11.6. The molecule has 29 heavy (non-hydrogen) atoms. The fourth-order valence-corrected chi connectivity index (χ4v) is 2.08. The molecule has 1 aromatic heterocycles. The van der Waals surface area contributed by atoms with Crippen molar-refractivity contribution < 1.29 is 36.6 Å². The van der Waals surface area contributed by atoms with Crippen molar-refractivity contribution in [3.63, 3.8) is 0 Å². The van der Waals surface area contributed by atoms with E-state index in [1.54, 1.807) is 18.2 Å². The van der Waals surface area contributed by atoms with Gasteiger partial charge in [-0.1, -0.05) is 0 Å². The maximum absolute atomic E-state index is 12.8. The second kappa shape index (κ2) is 9.76. The van der Waals surface area contributed by atoms with Crippen LogP contribution in [0.1, 0.15) is 5.56 Å². The number of hydrogen-bond acceptors (Lipinski definition) is 5. The van der Waals surface area contributed by atoms with Crippen LogP contribution in [0, 0.1) is 0 Å². The number of carbonyl (C=O) groups is 1. The molecule has 1 aromatic carbocycles. The van der Waals surface area contributed by atoms with Gasteiger partial charge < -0.3 is 19.5 Å². The number of ether oxygens (including phenoxy) is 3. The minimum Gasteiger partial charge on any atom is -0.497 e. The average Bonchev–Trinajstić information content (AvgIpc) is 2.71. The van der Waals surface area contributed by atoms with Gasteiger partial charge in [0.25, 0.3) is 0 Å². The zero-order valence-electron chi connectivity index (χ0n) is 15.5. The highest BCUT2D eigenvalue weighted by Gasteiger charge is 2.41. The Morgan fingerprint density at radius 1 is 1.21 bits per heavy atom. The number of nitrogens with one attached hydrogen (secondary N) is 1. The van der Waals surface area contributed by atoms with Crippen LogP contribution in [0.15, 0.2) is 42.6 Å². The van der Waals surface area contributed by atoms with Crippen molar-refractivity contribution in [2.24, 2.45) is 0 Å². The lowest BCUT2D eigenvalue weighted by Gasteiger charge is -2.15. The lowest BCUT2D eigenvalue weighted by atomic mass is 10.1. The maximum atomic E-state index is 12.8. The highest BCUT2D eigenvalue weighted by molar-refractivity contribution is 6.02. The van der Waals surface area contributed by atoms with Gasteiger partial charge in [0.05, 0.1) is 26.1 Å². The van der Waals surface area contributed by atoms with E-state index in [4.69, 9.17) is 9.47 Å². The molecule has 0 spiro atoms. The number of carbonyl (C=O) groups excluding carboxylic acids is 1. The van der Waals surface area contributed by atoms with Gasteiger partial charge in [0.1, 0.15) is 11.5 Å². The number of hydrogen-bond donors (Lipinski definition) is 1. The minimum absolute atomic E-state index is 0.259. The van der Waals surface area contributed by atoms with E-state index >= 15 is 0 Å². The van der Waals surface area contributed by atoms with Gasteiger partial charge in [0.2, 0.25) is 11.8 Å². The summed E-state index contributed by atoms with van der Waals surface area (Å²) in [5.74, 6) is -3.92. The van der Waals surface area contributed by atoms with E-state index in [-0.39, 0.29) is 11.6 Å². The van der Waals surface area contributed by atoms with E-state index in [2.05, 4.69) is 15.0 Å². The summed E-state index contributed by atoms with van der Waals surface area (Å²) in [6, 6.07) is 7.60. The van der Waals surface area contributed by atoms with Gasteiger partial charge in [-0.15, -0.1) is 0 Å². The predicted molar refractivity (Wildman–Crippen MR) is 97.9 cm³/mol. The van der Waals surface area contributed by atoms with Crippen LogP contribution in [0.25, 0.3) is 6.08 Å². The number of methoxy groups -OCH3 is 2. The second-order valence-electron chi connectivity index (χ2n) is 5.67. The Morgan fingerprint density at radius 2 is 1.97 bits per heavy atom. The summed E-state index contributed by atoms with van der Waals surface area (Å²) in [6.07, 6.45) is 0.107. The van der Waals surface area contributed by atoms with Crippen LogP contribution in [0.2, 0.25) is 0 Å². The van der Waals surface area contributed by atoms with E-state index in [9.17, 15) is 22.4 Å². The Balaban J connectivity index is 1.95. The summed E-state index contributed by atoms with van der Waals surface area (Å²) in [6.45, 7) is -1.50. The van der Waals surface area contributed by atoms with Crippen LogP contribution in [-0.4, -0.2) is 44.1 Å². The van der Waals surface area contributed by atoms with Gasteiger partial charge in [-0.25, -0.2) is 13.8 Å². The smallest absolute Gasteiger partial charge is 0.340 e. The van der Waals surface area contributed by atoms with Gasteiger partial charge in [-0.3, -0.25) is 4.79 Å². The third kappa shape index (κ3) is 6.37. The Bertz CT molecular complexity index is 858. The number of amides is 1. The number of halogens is 4. The largest absolute Gasteiger partial charge is 0.497 e. The Labute approximate surface area is 164 Å². The molecule has 0 fully saturated rings. The molecule has 0 saturated carbocycles. The number of benzene rings is 1. The summed E-state index contributed by atoms with van der Waals surface area (Å²) in [4.78, 5) is 15.7. The third-order valence-electron chi connectivity index (χ3n) is 3.59. The minimum atomic E-state index is -4.28. The number of aromatic nitrogens is 1. The average molecular weight is 414 g/mol. The summed E-state index contributed by atoms with van der Waals surface area (Å²) in [5.41, 5.74) is 0.902. The molecule has 6 nitrogen and oxygen atoms in total. The topological polar surface area (TPSA) is 69.7 Å². The van der Waals surface area contributed by atoms with Crippen molar-refractivity contribution in [3.8, 4) is 17.4 Å². The first-order valence-corrected chi connectivity index (χ1v) is 8.21.